The molecule has 0 aliphatic heterocycles. The molecule has 0 aliphatic rings. The van der Waals surface area contributed by atoms with Gasteiger partial charge in [-0.3, -0.25) is 0 Å². The highest BCUT2D eigenvalue weighted by Crippen LogP contribution is 2.40. The lowest BCUT2D eigenvalue weighted by Crippen LogP contribution is -2.04. The Kier molecular flexibility index (Phi) is 4.62. The lowest BCUT2D eigenvalue weighted by atomic mass is 10.2. The van der Waals surface area contributed by atoms with E-state index in [1.54, 1.807) is 6.07 Å². The van der Waals surface area contributed by atoms with Crippen molar-refractivity contribution in [3.8, 4) is 5.75 Å². The highest BCUT2D eigenvalue weighted by Gasteiger charge is 2.30. The zero-order valence-electron chi connectivity index (χ0n) is 10.6. The van der Waals surface area contributed by atoms with Crippen molar-refractivity contribution >= 4 is 17.4 Å². The predicted molar refractivity (Wildman–Crippen MR) is 73.7 cm³/mol. The maximum atomic E-state index is 13.1. The first-order chi connectivity index (χ1) is 9.85. The summed E-state index contributed by atoms with van der Waals surface area (Å²) in [6.07, 6.45) is 0. The number of para-hydroxylation sites is 1. The number of phenols is 1. The Balaban J connectivity index is 2.15. The molecule has 0 saturated heterocycles. The average Bonchev–Trinajstić information content (AvgIpc) is 2.39. The van der Waals surface area contributed by atoms with Crippen molar-refractivity contribution < 1.29 is 22.7 Å². The van der Waals surface area contributed by atoms with Gasteiger partial charge in [0.15, 0.2) is 0 Å². The Morgan fingerprint density at radius 1 is 1.10 bits per heavy atom. The molecule has 0 unspecified atom stereocenters. The van der Waals surface area contributed by atoms with E-state index in [9.17, 15) is 22.7 Å². The number of rotatable bonds is 4. The summed E-state index contributed by atoms with van der Waals surface area (Å²) in [5.74, 6) is -0.646. The summed E-state index contributed by atoms with van der Waals surface area (Å²) in [6, 6.07) is 9.35. The number of hydrogen-bond donors (Lipinski definition) is 2. The topological polar surface area (TPSA) is 32.3 Å². The molecule has 2 N–H and O–H groups in total. The van der Waals surface area contributed by atoms with Crippen LogP contribution in [0.25, 0.3) is 0 Å². The summed E-state index contributed by atoms with van der Waals surface area (Å²) >= 11 is -0.229. The van der Waals surface area contributed by atoms with Crippen molar-refractivity contribution in [1.82, 2.24) is 0 Å². The van der Waals surface area contributed by atoms with E-state index in [1.165, 1.54) is 24.3 Å². The molecule has 0 aliphatic carbocycles. The fraction of sp³-hybridized carbons (Fsp3) is 0.143. The van der Waals surface area contributed by atoms with E-state index in [0.717, 1.165) is 12.1 Å². The number of alkyl halides is 3. The molecule has 7 heteroatoms. The maximum Gasteiger partial charge on any atom is 0.446 e. The zero-order valence-corrected chi connectivity index (χ0v) is 11.4. The number of anilines is 1. The fourth-order valence-corrected chi connectivity index (χ4v) is 2.36. The van der Waals surface area contributed by atoms with Gasteiger partial charge in [0.25, 0.3) is 0 Å². The predicted octanol–water partition coefficient (Wildman–Crippen LogP) is 4.76. The van der Waals surface area contributed by atoms with Crippen molar-refractivity contribution in [2.75, 3.05) is 5.32 Å². The monoisotopic (exact) mass is 317 g/mol. The van der Waals surface area contributed by atoms with Crippen LogP contribution in [-0.4, -0.2) is 10.6 Å². The van der Waals surface area contributed by atoms with E-state index in [0.29, 0.717) is 0 Å². The SMILES string of the molecule is Oc1ccc(F)cc1CNc1ccccc1SC(F)(F)F. The Labute approximate surface area is 122 Å². The molecule has 0 radical (unpaired) electrons. The van der Waals surface area contributed by atoms with Crippen molar-refractivity contribution in [3.05, 3.63) is 53.8 Å². The second-order valence-corrected chi connectivity index (χ2v) is 5.28. The summed E-state index contributed by atoms with van der Waals surface area (Å²) in [5.41, 5.74) is -3.86. The molecule has 0 spiro atoms. The van der Waals surface area contributed by atoms with Crippen LogP contribution in [-0.2, 0) is 6.54 Å². The van der Waals surface area contributed by atoms with Crippen LogP contribution >= 0.6 is 11.8 Å². The molecule has 0 fully saturated rings. The van der Waals surface area contributed by atoms with Crippen LogP contribution in [0.3, 0.4) is 0 Å². The molecule has 0 atom stereocenters. The summed E-state index contributed by atoms with van der Waals surface area (Å²) in [5, 5.41) is 12.3. The molecule has 2 nitrogen and oxygen atoms in total. The van der Waals surface area contributed by atoms with Gasteiger partial charge in [0, 0.05) is 22.7 Å². The Morgan fingerprint density at radius 2 is 1.81 bits per heavy atom. The van der Waals surface area contributed by atoms with Gasteiger partial charge in [0.05, 0.1) is 0 Å². The third kappa shape index (κ3) is 4.56. The lowest BCUT2D eigenvalue weighted by molar-refractivity contribution is -0.0327. The molecule has 112 valence electrons. The van der Waals surface area contributed by atoms with E-state index < -0.39 is 11.3 Å². The normalized spacial score (nSPS) is 11.4. The second-order valence-electron chi connectivity index (χ2n) is 4.17. The highest BCUT2D eigenvalue weighted by atomic mass is 32.2. The second kappa shape index (κ2) is 6.26. The molecule has 2 aromatic carbocycles. The van der Waals surface area contributed by atoms with Gasteiger partial charge in [-0.05, 0) is 42.1 Å². The van der Waals surface area contributed by atoms with E-state index in [4.69, 9.17) is 0 Å². The standard InChI is InChI=1S/C14H11F4NOS/c15-10-5-6-12(20)9(7-10)8-19-11-3-1-2-4-13(11)21-14(16,17)18/h1-7,19-20H,8H2. The quantitative estimate of drug-likeness (QED) is 0.630. The number of phenolic OH excluding ortho intramolecular Hbond substituents is 1. The van der Waals surface area contributed by atoms with Gasteiger partial charge in [0.1, 0.15) is 11.6 Å². The number of halogens is 4. The first kappa shape index (κ1) is 15.5. The van der Waals surface area contributed by atoms with Crippen LogP contribution in [0.1, 0.15) is 5.56 Å². The molecular weight excluding hydrogens is 306 g/mol. The van der Waals surface area contributed by atoms with Crippen molar-refractivity contribution in [3.63, 3.8) is 0 Å². The number of thioether (sulfide) groups is 1. The van der Waals surface area contributed by atoms with Crippen LogP contribution < -0.4 is 5.32 Å². The van der Waals surface area contributed by atoms with Gasteiger partial charge in [-0.2, -0.15) is 13.2 Å². The first-order valence-electron chi connectivity index (χ1n) is 5.91. The number of hydrogen-bond acceptors (Lipinski definition) is 3. The molecule has 0 amide bonds. The highest BCUT2D eigenvalue weighted by molar-refractivity contribution is 8.00. The molecule has 0 saturated carbocycles. The summed E-state index contributed by atoms with van der Waals surface area (Å²) in [6.45, 7) is 0.0129. The van der Waals surface area contributed by atoms with Gasteiger partial charge < -0.3 is 10.4 Å². The molecule has 0 bridgehead atoms. The summed E-state index contributed by atoms with van der Waals surface area (Å²) in [4.78, 5) is 0.0147. The molecule has 0 aromatic heterocycles. The lowest BCUT2D eigenvalue weighted by Gasteiger charge is -2.13. The number of nitrogens with one attached hydrogen (secondary N) is 1. The molecule has 2 rings (SSSR count). The van der Waals surface area contributed by atoms with E-state index in [2.05, 4.69) is 5.32 Å². The Hall–Kier alpha value is -1.89. The minimum atomic E-state index is -4.39. The fourth-order valence-electron chi connectivity index (χ4n) is 1.71. The third-order valence-electron chi connectivity index (χ3n) is 2.62. The van der Waals surface area contributed by atoms with Crippen molar-refractivity contribution in [1.29, 1.82) is 0 Å². The maximum absolute atomic E-state index is 13.1. The number of aromatic hydroxyl groups is 1. The third-order valence-corrected chi connectivity index (χ3v) is 3.43. The summed E-state index contributed by atoms with van der Waals surface area (Å²) in [7, 11) is 0. The molecule has 0 heterocycles. The van der Waals surface area contributed by atoms with Crippen LogP contribution in [0.2, 0.25) is 0 Å². The Bertz CT molecular complexity index is 631. The van der Waals surface area contributed by atoms with Crippen LogP contribution in [0.15, 0.2) is 47.4 Å². The molecule has 21 heavy (non-hydrogen) atoms. The van der Waals surface area contributed by atoms with Gasteiger partial charge in [-0.15, -0.1) is 0 Å². The van der Waals surface area contributed by atoms with Crippen molar-refractivity contribution in [2.45, 2.75) is 16.9 Å². The minimum absolute atomic E-state index is 0.0129. The van der Waals surface area contributed by atoms with Gasteiger partial charge in [-0.1, -0.05) is 12.1 Å². The summed E-state index contributed by atoms with van der Waals surface area (Å²) < 4.78 is 50.4. The minimum Gasteiger partial charge on any atom is -0.508 e. The average molecular weight is 317 g/mol. The van der Waals surface area contributed by atoms with Gasteiger partial charge in [-0.25, -0.2) is 4.39 Å². The van der Waals surface area contributed by atoms with Crippen molar-refractivity contribution in [2.24, 2.45) is 0 Å². The van der Waals surface area contributed by atoms with Crippen LogP contribution in [0.5, 0.6) is 5.75 Å². The van der Waals surface area contributed by atoms with E-state index in [-0.39, 0.29) is 40.2 Å². The molecule has 2 aromatic rings. The van der Waals surface area contributed by atoms with Crippen LogP contribution in [0, 0.1) is 5.82 Å². The van der Waals surface area contributed by atoms with E-state index in [1.807, 2.05) is 0 Å². The van der Waals surface area contributed by atoms with Crippen LogP contribution in [0.4, 0.5) is 23.2 Å². The van der Waals surface area contributed by atoms with Gasteiger partial charge in [0.2, 0.25) is 0 Å². The first-order valence-corrected chi connectivity index (χ1v) is 6.73. The Morgan fingerprint density at radius 3 is 2.52 bits per heavy atom. The van der Waals surface area contributed by atoms with E-state index >= 15 is 0 Å². The number of benzene rings is 2. The molecular formula is C14H11F4NOS. The zero-order chi connectivity index (χ0) is 15.5. The largest absolute Gasteiger partial charge is 0.508 e. The van der Waals surface area contributed by atoms with Gasteiger partial charge >= 0.3 is 5.51 Å². The smallest absolute Gasteiger partial charge is 0.446 e.